The van der Waals surface area contributed by atoms with Gasteiger partial charge in [0.05, 0.1) is 0 Å². The highest BCUT2D eigenvalue weighted by Gasteiger charge is 2.15. The predicted octanol–water partition coefficient (Wildman–Crippen LogP) is 3.89. The highest BCUT2D eigenvalue weighted by molar-refractivity contribution is 5.93. The summed E-state index contributed by atoms with van der Waals surface area (Å²) >= 11 is 0. The summed E-state index contributed by atoms with van der Waals surface area (Å²) in [6, 6.07) is 6.28. The van der Waals surface area contributed by atoms with Crippen molar-refractivity contribution in [3.05, 3.63) is 29.3 Å². The van der Waals surface area contributed by atoms with Gasteiger partial charge in [0.15, 0.2) is 0 Å². The van der Waals surface area contributed by atoms with Crippen molar-refractivity contribution in [1.82, 2.24) is 0 Å². The zero-order valence-electron chi connectivity index (χ0n) is 13.1. The number of nitrogens with one attached hydrogen (secondary N) is 1. The smallest absolute Gasteiger partial charge is 0.228 e. The van der Waals surface area contributed by atoms with E-state index in [0.29, 0.717) is 18.4 Å². The van der Waals surface area contributed by atoms with Crippen LogP contribution in [0.5, 0.6) is 0 Å². The molecule has 1 amide bonds. The first-order chi connectivity index (χ1) is 8.86. The van der Waals surface area contributed by atoms with Gasteiger partial charge in [0.2, 0.25) is 5.91 Å². The summed E-state index contributed by atoms with van der Waals surface area (Å²) in [5.74, 6) is 0.693. The van der Waals surface area contributed by atoms with E-state index in [-0.39, 0.29) is 24.2 Å². The van der Waals surface area contributed by atoms with E-state index in [1.807, 2.05) is 13.0 Å². The second-order valence-corrected chi connectivity index (χ2v) is 5.78. The molecule has 0 radical (unpaired) electrons. The van der Waals surface area contributed by atoms with Crippen LogP contribution in [0.2, 0.25) is 0 Å². The Morgan fingerprint density at radius 2 is 1.75 bits per heavy atom. The molecular weight excluding hydrogens is 272 g/mol. The second kappa shape index (κ2) is 8.28. The molecular formula is C16H27ClN2O. The van der Waals surface area contributed by atoms with E-state index in [1.54, 1.807) is 0 Å². The van der Waals surface area contributed by atoms with Gasteiger partial charge in [-0.05, 0) is 29.0 Å². The van der Waals surface area contributed by atoms with Gasteiger partial charge in [-0.25, -0.2) is 0 Å². The third-order valence-corrected chi connectivity index (χ3v) is 3.42. The quantitative estimate of drug-likeness (QED) is 0.866. The van der Waals surface area contributed by atoms with Crippen LogP contribution in [0.25, 0.3) is 0 Å². The molecule has 20 heavy (non-hydrogen) atoms. The van der Waals surface area contributed by atoms with Gasteiger partial charge in [0.1, 0.15) is 0 Å². The normalized spacial score (nSPS) is 12.2. The van der Waals surface area contributed by atoms with Gasteiger partial charge in [-0.2, -0.15) is 0 Å². The lowest BCUT2D eigenvalue weighted by Gasteiger charge is -2.18. The van der Waals surface area contributed by atoms with E-state index in [2.05, 4.69) is 45.1 Å². The van der Waals surface area contributed by atoms with Crippen LogP contribution in [0, 0.1) is 5.92 Å². The molecule has 1 rings (SSSR count). The Balaban J connectivity index is 0.00000361. The van der Waals surface area contributed by atoms with E-state index < -0.39 is 0 Å². The van der Waals surface area contributed by atoms with Crippen molar-refractivity contribution >= 4 is 24.0 Å². The predicted molar refractivity (Wildman–Crippen MR) is 88.7 cm³/mol. The van der Waals surface area contributed by atoms with Crippen molar-refractivity contribution in [1.29, 1.82) is 0 Å². The minimum Gasteiger partial charge on any atom is -0.330 e. The van der Waals surface area contributed by atoms with Crippen molar-refractivity contribution in [3.8, 4) is 0 Å². The van der Waals surface area contributed by atoms with Gasteiger partial charge in [0.25, 0.3) is 0 Å². The number of anilines is 1. The molecule has 3 N–H and O–H groups in total. The van der Waals surface area contributed by atoms with E-state index in [9.17, 15) is 4.79 Å². The maximum atomic E-state index is 11.9. The van der Waals surface area contributed by atoms with E-state index in [0.717, 1.165) is 5.69 Å². The topological polar surface area (TPSA) is 55.1 Å². The summed E-state index contributed by atoms with van der Waals surface area (Å²) in [5, 5.41) is 2.99. The molecule has 1 unspecified atom stereocenters. The van der Waals surface area contributed by atoms with Crippen molar-refractivity contribution in [2.24, 2.45) is 11.7 Å². The number of benzene rings is 1. The fourth-order valence-electron chi connectivity index (χ4n) is 1.89. The molecule has 1 aromatic carbocycles. The van der Waals surface area contributed by atoms with Crippen molar-refractivity contribution < 1.29 is 4.79 Å². The average Bonchev–Trinajstić information content (AvgIpc) is 2.37. The fraction of sp³-hybridized carbons (Fsp3) is 0.562. The van der Waals surface area contributed by atoms with Crippen LogP contribution in [0.1, 0.15) is 57.6 Å². The van der Waals surface area contributed by atoms with Crippen LogP contribution >= 0.6 is 12.4 Å². The Bertz CT molecular complexity index is 444. The first kappa shape index (κ1) is 18.9. The third kappa shape index (κ3) is 4.80. The Hall–Kier alpha value is -1.06. The summed E-state index contributed by atoms with van der Waals surface area (Å²) < 4.78 is 0. The fourth-order valence-corrected chi connectivity index (χ4v) is 1.89. The zero-order valence-corrected chi connectivity index (χ0v) is 13.9. The highest BCUT2D eigenvalue weighted by Crippen LogP contribution is 2.28. The molecule has 0 saturated carbocycles. The molecule has 0 heterocycles. The summed E-state index contributed by atoms with van der Waals surface area (Å²) in [5.41, 5.74) is 8.92. The summed E-state index contributed by atoms with van der Waals surface area (Å²) in [4.78, 5) is 11.9. The van der Waals surface area contributed by atoms with Gasteiger partial charge in [-0.3, -0.25) is 4.79 Å². The third-order valence-electron chi connectivity index (χ3n) is 3.42. The van der Waals surface area contributed by atoms with Crippen LogP contribution in [0.3, 0.4) is 0 Å². The molecule has 0 spiro atoms. The maximum absolute atomic E-state index is 11.9. The largest absolute Gasteiger partial charge is 0.330 e. The van der Waals surface area contributed by atoms with E-state index in [4.69, 9.17) is 5.73 Å². The molecule has 4 heteroatoms. The second-order valence-electron chi connectivity index (χ2n) is 5.78. The van der Waals surface area contributed by atoms with Gasteiger partial charge in [-0.15, -0.1) is 12.4 Å². The molecule has 1 aromatic rings. The number of nitrogens with two attached hydrogens (primary N) is 1. The Morgan fingerprint density at radius 3 is 2.20 bits per heavy atom. The first-order valence-corrected chi connectivity index (χ1v) is 7.01. The molecule has 0 aliphatic carbocycles. The van der Waals surface area contributed by atoms with Crippen molar-refractivity contribution in [3.63, 3.8) is 0 Å². The van der Waals surface area contributed by atoms with Gasteiger partial charge < -0.3 is 11.1 Å². The lowest BCUT2D eigenvalue weighted by molar-refractivity contribution is -0.119. The highest BCUT2D eigenvalue weighted by atomic mass is 35.5. The minimum atomic E-state index is -0.162. The van der Waals surface area contributed by atoms with Crippen LogP contribution in [-0.2, 0) is 4.79 Å². The molecule has 3 nitrogen and oxygen atoms in total. The number of carbonyl (C=O) groups is 1. The van der Waals surface area contributed by atoms with E-state index >= 15 is 0 Å². The van der Waals surface area contributed by atoms with Crippen LogP contribution in [0.4, 0.5) is 5.69 Å². The number of amides is 1. The Morgan fingerprint density at radius 1 is 1.15 bits per heavy atom. The van der Waals surface area contributed by atoms with Gasteiger partial charge in [0, 0.05) is 18.2 Å². The molecule has 1 atom stereocenters. The van der Waals surface area contributed by atoms with Crippen LogP contribution < -0.4 is 11.1 Å². The summed E-state index contributed by atoms with van der Waals surface area (Å²) in [6.45, 7) is 10.8. The SMILES string of the molecule is CC(CN)C(=O)Nc1ccc(C(C)C)cc1C(C)C.Cl. The Labute approximate surface area is 128 Å². The number of hydrogen-bond donors (Lipinski definition) is 2. The number of hydrogen-bond acceptors (Lipinski definition) is 2. The number of rotatable bonds is 5. The van der Waals surface area contributed by atoms with Gasteiger partial charge in [-0.1, -0.05) is 46.8 Å². The van der Waals surface area contributed by atoms with Crippen molar-refractivity contribution in [2.45, 2.75) is 46.5 Å². The van der Waals surface area contributed by atoms with Crippen molar-refractivity contribution in [2.75, 3.05) is 11.9 Å². The Kier molecular flexibility index (Phi) is 7.84. The lowest BCUT2D eigenvalue weighted by atomic mass is 9.94. The molecule has 0 fully saturated rings. The number of halogens is 1. The molecule has 0 bridgehead atoms. The zero-order chi connectivity index (χ0) is 14.6. The molecule has 0 saturated heterocycles. The van der Waals surface area contributed by atoms with Crippen LogP contribution in [-0.4, -0.2) is 12.5 Å². The monoisotopic (exact) mass is 298 g/mol. The standard InChI is InChI=1S/C16H26N2O.ClH/c1-10(2)13-6-7-15(14(8-13)11(3)4)18-16(19)12(5)9-17;/h6-8,10-12H,9,17H2,1-5H3,(H,18,19);1H. The first-order valence-electron chi connectivity index (χ1n) is 7.01. The summed E-state index contributed by atoms with van der Waals surface area (Å²) in [7, 11) is 0. The maximum Gasteiger partial charge on any atom is 0.228 e. The molecule has 0 aromatic heterocycles. The summed E-state index contributed by atoms with van der Waals surface area (Å²) in [6.07, 6.45) is 0. The van der Waals surface area contributed by atoms with Crippen LogP contribution in [0.15, 0.2) is 18.2 Å². The molecule has 0 aliphatic heterocycles. The average molecular weight is 299 g/mol. The van der Waals surface area contributed by atoms with Gasteiger partial charge >= 0.3 is 0 Å². The lowest BCUT2D eigenvalue weighted by Crippen LogP contribution is -2.27. The van der Waals surface area contributed by atoms with E-state index in [1.165, 1.54) is 11.1 Å². The molecule has 0 aliphatic rings. The number of carbonyl (C=O) groups excluding carboxylic acids is 1. The molecule has 114 valence electrons. The minimum absolute atomic E-state index is 0.